The highest BCUT2D eigenvalue weighted by atomic mass is 16.5. The number of rotatable bonds is 6. The third kappa shape index (κ3) is 4.51. The Morgan fingerprint density at radius 2 is 0.821 bits per heavy atom. The molecule has 6 aromatic carbocycles. The Bertz CT molecular complexity index is 1830. The molecule has 39 heavy (non-hydrogen) atoms. The van der Waals surface area contributed by atoms with Gasteiger partial charge in [-0.3, -0.25) is 0 Å². The number of benzene rings is 6. The minimum Gasteiger partial charge on any atom is -0.457 e. The zero-order valence-corrected chi connectivity index (χ0v) is 21.2. The van der Waals surface area contributed by atoms with Gasteiger partial charge in [0, 0.05) is 22.5 Å². The Balaban J connectivity index is 1.11. The van der Waals surface area contributed by atoms with Crippen LogP contribution in [0, 0.1) is 0 Å². The SMILES string of the molecule is c1ccc(Oc2cccc(Oc3ccc(-c4ccc(-n5c6ccccc6c6ccccc65)cc4)cc3)c2)cc1. The predicted octanol–water partition coefficient (Wildman–Crippen LogP) is 10.0. The van der Waals surface area contributed by atoms with Crippen LogP contribution in [0.15, 0.2) is 152 Å². The molecule has 0 atom stereocenters. The minimum atomic E-state index is 0.728. The Kier molecular flexibility index (Phi) is 5.80. The first-order chi connectivity index (χ1) is 19.3. The molecule has 0 fully saturated rings. The van der Waals surface area contributed by atoms with Gasteiger partial charge < -0.3 is 14.0 Å². The van der Waals surface area contributed by atoms with Gasteiger partial charge in [-0.05, 0) is 71.8 Å². The lowest BCUT2D eigenvalue weighted by atomic mass is 10.1. The van der Waals surface area contributed by atoms with Crippen LogP contribution in [0.1, 0.15) is 0 Å². The quantitative estimate of drug-likeness (QED) is 0.225. The Labute approximate surface area is 227 Å². The molecule has 0 bridgehead atoms. The van der Waals surface area contributed by atoms with Crippen LogP contribution in [0.4, 0.5) is 0 Å². The molecule has 186 valence electrons. The topological polar surface area (TPSA) is 23.4 Å². The van der Waals surface area contributed by atoms with Crippen molar-refractivity contribution in [2.45, 2.75) is 0 Å². The number of fused-ring (bicyclic) bond motifs is 3. The second-order valence-electron chi connectivity index (χ2n) is 9.43. The largest absolute Gasteiger partial charge is 0.457 e. The summed E-state index contributed by atoms with van der Waals surface area (Å²) in [6, 6.07) is 51.5. The summed E-state index contributed by atoms with van der Waals surface area (Å²) in [5, 5.41) is 2.54. The molecule has 7 rings (SSSR count). The van der Waals surface area contributed by atoms with Crippen LogP contribution in [0.3, 0.4) is 0 Å². The van der Waals surface area contributed by atoms with Crippen molar-refractivity contribution < 1.29 is 9.47 Å². The lowest BCUT2D eigenvalue weighted by molar-refractivity contribution is 0.460. The molecule has 0 spiro atoms. The smallest absolute Gasteiger partial charge is 0.131 e. The van der Waals surface area contributed by atoms with Crippen molar-refractivity contribution in [1.29, 1.82) is 0 Å². The van der Waals surface area contributed by atoms with Gasteiger partial charge >= 0.3 is 0 Å². The fourth-order valence-corrected chi connectivity index (χ4v) is 5.08. The van der Waals surface area contributed by atoms with E-state index in [2.05, 4.69) is 89.5 Å². The number of aromatic nitrogens is 1. The second-order valence-corrected chi connectivity index (χ2v) is 9.43. The summed E-state index contributed by atoms with van der Waals surface area (Å²) >= 11 is 0. The molecule has 0 aliphatic rings. The standard InChI is InChI=1S/C36H25NO2/c1-2-9-29(10-3-1)38-31-11-8-12-32(25-31)39-30-23-19-27(20-24-30)26-17-21-28(22-18-26)37-35-15-6-4-13-33(35)34-14-5-7-16-36(34)37/h1-25H. The molecule has 1 aromatic heterocycles. The van der Waals surface area contributed by atoms with Gasteiger partial charge in [0.1, 0.15) is 23.0 Å². The van der Waals surface area contributed by atoms with Crippen LogP contribution in [0.25, 0.3) is 38.6 Å². The molecular weight excluding hydrogens is 478 g/mol. The van der Waals surface area contributed by atoms with E-state index in [0.29, 0.717) is 0 Å². The van der Waals surface area contributed by atoms with Crippen LogP contribution in [-0.4, -0.2) is 4.57 Å². The molecule has 0 N–H and O–H groups in total. The van der Waals surface area contributed by atoms with Crippen LogP contribution < -0.4 is 9.47 Å². The lowest BCUT2D eigenvalue weighted by Gasteiger charge is -2.11. The van der Waals surface area contributed by atoms with Gasteiger partial charge in [0.15, 0.2) is 0 Å². The van der Waals surface area contributed by atoms with Gasteiger partial charge in [-0.1, -0.05) is 84.9 Å². The Hall–Kier alpha value is -5.28. The van der Waals surface area contributed by atoms with Crippen molar-refractivity contribution in [3.05, 3.63) is 152 Å². The number of hydrogen-bond donors (Lipinski definition) is 0. The Morgan fingerprint density at radius 3 is 1.41 bits per heavy atom. The van der Waals surface area contributed by atoms with E-state index in [0.717, 1.165) is 39.8 Å². The number of nitrogens with zero attached hydrogens (tertiary/aromatic N) is 1. The van der Waals surface area contributed by atoms with E-state index in [-0.39, 0.29) is 0 Å². The molecule has 0 unspecified atom stereocenters. The highest BCUT2D eigenvalue weighted by Gasteiger charge is 2.11. The van der Waals surface area contributed by atoms with Crippen molar-refractivity contribution in [2.24, 2.45) is 0 Å². The van der Waals surface area contributed by atoms with E-state index in [1.165, 1.54) is 21.8 Å². The maximum Gasteiger partial charge on any atom is 0.131 e. The van der Waals surface area contributed by atoms with Gasteiger partial charge in [0.05, 0.1) is 11.0 Å². The van der Waals surface area contributed by atoms with Gasteiger partial charge in [0.2, 0.25) is 0 Å². The average Bonchev–Trinajstić information content (AvgIpc) is 3.33. The predicted molar refractivity (Wildman–Crippen MR) is 159 cm³/mol. The minimum absolute atomic E-state index is 0.728. The molecule has 0 saturated carbocycles. The highest BCUT2D eigenvalue weighted by Crippen LogP contribution is 2.33. The van der Waals surface area contributed by atoms with Crippen molar-refractivity contribution in [3.63, 3.8) is 0 Å². The first kappa shape index (κ1) is 22.9. The summed E-state index contributed by atoms with van der Waals surface area (Å²) < 4.78 is 14.4. The van der Waals surface area contributed by atoms with Gasteiger partial charge in [-0.2, -0.15) is 0 Å². The molecule has 0 saturated heterocycles. The number of ether oxygens (including phenoxy) is 2. The summed E-state index contributed by atoms with van der Waals surface area (Å²) in [7, 11) is 0. The molecule has 3 nitrogen and oxygen atoms in total. The first-order valence-electron chi connectivity index (χ1n) is 13.0. The lowest BCUT2D eigenvalue weighted by Crippen LogP contribution is -1.93. The van der Waals surface area contributed by atoms with Crippen LogP contribution >= 0.6 is 0 Å². The fourth-order valence-electron chi connectivity index (χ4n) is 5.08. The molecule has 0 amide bonds. The molecule has 0 radical (unpaired) electrons. The average molecular weight is 504 g/mol. The van der Waals surface area contributed by atoms with Crippen LogP contribution in [0.5, 0.6) is 23.0 Å². The summed E-state index contributed by atoms with van der Waals surface area (Å²) in [5.74, 6) is 3.03. The van der Waals surface area contributed by atoms with Crippen molar-refractivity contribution in [2.75, 3.05) is 0 Å². The van der Waals surface area contributed by atoms with Gasteiger partial charge in [-0.25, -0.2) is 0 Å². The number of para-hydroxylation sites is 3. The molecule has 1 heterocycles. The molecule has 7 aromatic rings. The Morgan fingerprint density at radius 1 is 0.359 bits per heavy atom. The molecule has 3 heteroatoms. The summed E-state index contributed by atoms with van der Waals surface area (Å²) in [6.07, 6.45) is 0. The van der Waals surface area contributed by atoms with E-state index in [9.17, 15) is 0 Å². The van der Waals surface area contributed by atoms with Crippen LogP contribution in [0.2, 0.25) is 0 Å². The second kappa shape index (κ2) is 9.88. The van der Waals surface area contributed by atoms with E-state index in [1.54, 1.807) is 0 Å². The van der Waals surface area contributed by atoms with Crippen molar-refractivity contribution in [1.82, 2.24) is 4.57 Å². The molecule has 0 aliphatic heterocycles. The van der Waals surface area contributed by atoms with Crippen LogP contribution in [-0.2, 0) is 0 Å². The van der Waals surface area contributed by atoms with E-state index in [4.69, 9.17) is 9.47 Å². The molecular formula is C36H25NO2. The summed E-state index contributed by atoms with van der Waals surface area (Å²) in [5.41, 5.74) is 5.87. The van der Waals surface area contributed by atoms with E-state index < -0.39 is 0 Å². The summed E-state index contributed by atoms with van der Waals surface area (Å²) in [6.45, 7) is 0. The zero-order valence-electron chi connectivity index (χ0n) is 21.2. The van der Waals surface area contributed by atoms with E-state index >= 15 is 0 Å². The summed E-state index contributed by atoms with van der Waals surface area (Å²) in [4.78, 5) is 0. The monoisotopic (exact) mass is 503 g/mol. The normalized spacial score (nSPS) is 11.1. The van der Waals surface area contributed by atoms with Gasteiger partial charge in [0.25, 0.3) is 0 Å². The maximum absolute atomic E-state index is 6.11. The van der Waals surface area contributed by atoms with Gasteiger partial charge in [-0.15, -0.1) is 0 Å². The highest BCUT2D eigenvalue weighted by molar-refractivity contribution is 6.09. The maximum atomic E-state index is 6.11. The first-order valence-corrected chi connectivity index (χ1v) is 13.0. The third-order valence-corrected chi connectivity index (χ3v) is 6.91. The fraction of sp³-hybridized carbons (Fsp3) is 0. The van der Waals surface area contributed by atoms with E-state index in [1.807, 2.05) is 66.7 Å². The van der Waals surface area contributed by atoms with Crippen molar-refractivity contribution in [3.8, 4) is 39.8 Å². The van der Waals surface area contributed by atoms with Crippen molar-refractivity contribution >= 4 is 21.8 Å². The number of hydrogen-bond acceptors (Lipinski definition) is 2. The molecule has 0 aliphatic carbocycles. The third-order valence-electron chi connectivity index (χ3n) is 6.91. The zero-order chi connectivity index (χ0) is 26.0.